The molecule has 5 rings (SSSR count). The third-order valence-electron chi connectivity index (χ3n) is 9.63. The molecule has 0 spiro atoms. The summed E-state index contributed by atoms with van der Waals surface area (Å²) in [5.74, 6) is 2.68. The van der Waals surface area contributed by atoms with E-state index in [0.29, 0.717) is 23.5 Å². The first-order valence-corrected chi connectivity index (χ1v) is 11.6. The van der Waals surface area contributed by atoms with Crippen LogP contribution >= 0.6 is 0 Å². The van der Waals surface area contributed by atoms with Gasteiger partial charge < -0.3 is 15.3 Å². The molecule has 2 N–H and O–H groups in total. The van der Waals surface area contributed by atoms with Gasteiger partial charge in [0.1, 0.15) is 11.9 Å². The first kappa shape index (κ1) is 19.0. The van der Waals surface area contributed by atoms with Crippen molar-refractivity contribution in [2.75, 3.05) is 13.1 Å². The molecule has 0 aromatic rings. The second-order valence-electron chi connectivity index (χ2n) is 10.7. The molecule has 1 saturated heterocycles. The van der Waals surface area contributed by atoms with E-state index in [9.17, 15) is 9.90 Å². The van der Waals surface area contributed by atoms with Gasteiger partial charge in [0.2, 0.25) is 0 Å². The first-order valence-electron chi connectivity index (χ1n) is 11.6. The molecule has 1 heterocycles. The van der Waals surface area contributed by atoms with Crippen molar-refractivity contribution in [1.29, 1.82) is 0 Å². The molecule has 28 heavy (non-hydrogen) atoms. The van der Waals surface area contributed by atoms with Crippen molar-refractivity contribution in [2.45, 2.75) is 83.8 Å². The highest BCUT2D eigenvalue weighted by molar-refractivity contribution is 5.89. The number of nitrogens with zero attached hydrogens (tertiary/aromatic N) is 1. The molecular formula is C23H36N2O3. The maximum absolute atomic E-state index is 12.6. The third kappa shape index (κ3) is 2.72. The van der Waals surface area contributed by atoms with Gasteiger partial charge in [-0.15, -0.1) is 0 Å². The molecule has 5 fully saturated rings. The summed E-state index contributed by atoms with van der Waals surface area (Å²) in [6.45, 7) is 6.52. The Hall–Kier alpha value is -0.940. The van der Waals surface area contributed by atoms with Crippen molar-refractivity contribution < 1.29 is 14.7 Å². The van der Waals surface area contributed by atoms with Crippen LogP contribution in [-0.4, -0.2) is 41.9 Å². The van der Waals surface area contributed by atoms with E-state index >= 15 is 0 Å². The van der Waals surface area contributed by atoms with Gasteiger partial charge in [-0.2, -0.15) is 0 Å². The Bertz CT molecular complexity index is 673. The van der Waals surface area contributed by atoms with E-state index in [2.05, 4.69) is 24.3 Å². The van der Waals surface area contributed by atoms with Gasteiger partial charge in [-0.3, -0.25) is 4.79 Å². The van der Waals surface area contributed by atoms with Crippen LogP contribution in [0.5, 0.6) is 0 Å². The number of oxime groups is 1. The molecular weight excluding hydrogens is 352 g/mol. The Balaban J connectivity index is 1.34. The predicted molar refractivity (Wildman–Crippen MR) is 108 cm³/mol. The van der Waals surface area contributed by atoms with Crippen LogP contribution in [0.4, 0.5) is 0 Å². The van der Waals surface area contributed by atoms with Crippen LogP contribution in [-0.2, 0) is 9.63 Å². The number of ketones is 1. The number of aliphatic hydroxyl groups is 1. The Morgan fingerprint density at radius 1 is 1.04 bits per heavy atom. The summed E-state index contributed by atoms with van der Waals surface area (Å²) < 4.78 is 0. The molecule has 0 radical (unpaired) electrons. The topological polar surface area (TPSA) is 70.9 Å². The number of fused-ring (bicyclic) bond motifs is 5. The predicted octanol–water partition coefficient (Wildman–Crippen LogP) is 3.30. The fraction of sp³-hybridized carbons (Fsp3) is 0.913. The Morgan fingerprint density at radius 2 is 1.89 bits per heavy atom. The van der Waals surface area contributed by atoms with Crippen LogP contribution in [0.1, 0.15) is 71.6 Å². The Kier molecular flexibility index (Phi) is 4.63. The molecule has 0 aromatic heterocycles. The van der Waals surface area contributed by atoms with Crippen LogP contribution in [0.2, 0.25) is 0 Å². The molecule has 5 heteroatoms. The zero-order valence-corrected chi connectivity index (χ0v) is 17.5. The summed E-state index contributed by atoms with van der Waals surface area (Å²) in [5, 5.41) is 18.9. The minimum Gasteiger partial charge on any atom is -0.391 e. The highest BCUT2D eigenvalue weighted by Gasteiger charge is 2.61. The lowest BCUT2D eigenvalue weighted by atomic mass is 9.45. The van der Waals surface area contributed by atoms with Crippen LogP contribution in [0.3, 0.4) is 0 Å². The van der Waals surface area contributed by atoms with Gasteiger partial charge in [0.25, 0.3) is 0 Å². The van der Waals surface area contributed by atoms with Crippen LogP contribution in [0.25, 0.3) is 0 Å². The molecule has 0 bridgehead atoms. The van der Waals surface area contributed by atoms with Gasteiger partial charge in [-0.25, -0.2) is 0 Å². The molecule has 1 unspecified atom stereocenters. The maximum Gasteiger partial charge on any atom is 0.141 e. The number of nitrogens with one attached hydrogen (secondary N) is 1. The van der Waals surface area contributed by atoms with E-state index < -0.39 is 6.10 Å². The van der Waals surface area contributed by atoms with Crippen LogP contribution < -0.4 is 5.32 Å². The van der Waals surface area contributed by atoms with Gasteiger partial charge in [-0.05, 0) is 80.6 Å². The number of aliphatic hydroxyl groups excluding tert-OH is 1. The van der Waals surface area contributed by atoms with Gasteiger partial charge in [0.15, 0.2) is 0 Å². The van der Waals surface area contributed by atoms with Crippen molar-refractivity contribution in [3.05, 3.63) is 0 Å². The SMILES string of the molecule is C[C@]12CCC(=NO[C@@H]3CCNC3)C(O)[C@@H]1CC[C@@H]1[C@@H]2CC[C@]2(C)C(=O)CC[C@@H]12. The summed E-state index contributed by atoms with van der Waals surface area (Å²) in [6.07, 6.45) is 8.93. The molecule has 8 atom stereocenters. The third-order valence-corrected chi connectivity index (χ3v) is 9.63. The van der Waals surface area contributed by atoms with E-state index in [-0.39, 0.29) is 22.9 Å². The number of hydrogen-bond donors (Lipinski definition) is 2. The number of rotatable bonds is 2. The van der Waals surface area contributed by atoms with Gasteiger partial charge >= 0.3 is 0 Å². The standard InChI is InChI=1S/C23H36N2O3/c1-22-11-8-19(25-28-14-9-12-24-13-14)21(27)18(22)4-3-15-16-5-6-20(26)23(16,2)10-7-17(15)22/h14-18,21,24,27H,3-13H2,1-2H3/t14-,15+,16+,17+,18+,21?,22-,23+/m1/s1. The minimum absolute atomic E-state index is 0.0621. The second kappa shape index (κ2) is 6.80. The van der Waals surface area contributed by atoms with Gasteiger partial charge in [0.05, 0.1) is 11.8 Å². The Morgan fingerprint density at radius 3 is 2.68 bits per heavy atom. The largest absolute Gasteiger partial charge is 0.391 e. The fourth-order valence-corrected chi connectivity index (χ4v) is 7.88. The quantitative estimate of drug-likeness (QED) is 0.712. The minimum atomic E-state index is -0.465. The lowest BCUT2D eigenvalue weighted by Gasteiger charge is -2.60. The smallest absolute Gasteiger partial charge is 0.141 e. The summed E-state index contributed by atoms with van der Waals surface area (Å²) in [6, 6.07) is 0. The lowest BCUT2D eigenvalue weighted by Crippen LogP contribution is -2.57. The highest BCUT2D eigenvalue weighted by atomic mass is 16.6. The van der Waals surface area contributed by atoms with Crippen molar-refractivity contribution in [2.24, 2.45) is 39.7 Å². The first-order chi connectivity index (χ1) is 13.4. The summed E-state index contributed by atoms with van der Waals surface area (Å²) >= 11 is 0. The van der Waals surface area contributed by atoms with E-state index in [4.69, 9.17) is 4.84 Å². The summed E-state index contributed by atoms with van der Waals surface area (Å²) in [7, 11) is 0. The lowest BCUT2D eigenvalue weighted by molar-refractivity contribution is -0.141. The molecule has 5 aliphatic rings. The molecule has 1 aliphatic heterocycles. The normalized spacial score (nSPS) is 52.2. The van der Waals surface area contributed by atoms with Crippen molar-refractivity contribution >= 4 is 11.5 Å². The highest BCUT2D eigenvalue weighted by Crippen LogP contribution is 2.65. The van der Waals surface area contributed by atoms with Crippen molar-refractivity contribution in [3.63, 3.8) is 0 Å². The van der Waals surface area contributed by atoms with Crippen molar-refractivity contribution in [3.8, 4) is 0 Å². The van der Waals surface area contributed by atoms with E-state index in [1.54, 1.807) is 0 Å². The summed E-state index contributed by atoms with van der Waals surface area (Å²) in [4.78, 5) is 18.3. The molecule has 156 valence electrons. The number of hydrogen-bond acceptors (Lipinski definition) is 5. The zero-order valence-electron chi connectivity index (χ0n) is 17.5. The molecule has 0 aromatic carbocycles. The average molecular weight is 389 g/mol. The average Bonchev–Trinajstić information content (AvgIpc) is 3.29. The van der Waals surface area contributed by atoms with Gasteiger partial charge in [-0.1, -0.05) is 19.0 Å². The molecule has 0 amide bonds. The molecule has 4 aliphatic carbocycles. The zero-order chi connectivity index (χ0) is 19.5. The van der Waals surface area contributed by atoms with Gasteiger partial charge in [0, 0.05) is 24.8 Å². The van der Waals surface area contributed by atoms with E-state index in [1.807, 2.05) is 0 Å². The molecule has 5 nitrogen and oxygen atoms in total. The molecule has 4 saturated carbocycles. The van der Waals surface area contributed by atoms with Crippen LogP contribution in [0.15, 0.2) is 5.16 Å². The van der Waals surface area contributed by atoms with Crippen LogP contribution in [0, 0.1) is 34.5 Å². The van der Waals surface area contributed by atoms with E-state index in [0.717, 1.165) is 76.6 Å². The van der Waals surface area contributed by atoms with E-state index in [1.165, 1.54) is 0 Å². The number of carbonyl (C=O) groups is 1. The fourth-order valence-electron chi connectivity index (χ4n) is 7.88. The number of Topliss-reactive ketones (excluding diaryl/α,β-unsaturated/α-hetero) is 1. The maximum atomic E-state index is 12.6. The summed E-state index contributed by atoms with van der Waals surface area (Å²) in [5.41, 5.74) is 0.973. The monoisotopic (exact) mass is 388 g/mol. The Labute approximate surface area is 168 Å². The number of carbonyl (C=O) groups excluding carboxylic acids is 1. The van der Waals surface area contributed by atoms with Crippen molar-refractivity contribution in [1.82, 2.24) is 5.32 Å². The second-order valence-corrected chi connectivity index (χ2v) is 10.7.